The summed E-state index contributed by atoms with van der Waals surface area (Å²) >= 11 is 0. The molecule has 0 unspecified atom stereocenters. The third-order valence-corrected chi connectivity index (χ3v) is 2.25. The van der Waals surface area contributed by atoms with Crippen LogP contribution in [0.1, 0.15) is 27.2 Å². The summed E-state index contributed by atoms with van der Waals surface area (Å²) in [6.45, 7) is 8.04. The van der Waals surface area contributed by atoms with Crippen molar-refractivity contribution in [1.82, 2.24) is 4.90 Å². The van der Waals surface area contributed by atoms with E-state index in [1.165, 1.54) is 0 Å². The summed E-state index contributed by atoms with van der Waals surface area (Å²) in [5, 5.41) is 0. The third kappa shape index (κ3) is 1.78. The maximum atomic E-state index is 11.5. The van der Waals surface area contributed by atoms with Crippen LogP contribution in [-0.4, -0.2) is 36.1 Å². The van der Waals surface area contributed by atoms with Crippen LogP contribution in [0.25, 0.3) is 0 Å². The molecule has 1 amide bonds. The molecule has 0 N–H and O–H groups in total. The Labute approximate surface area is 73.7 Å². The number of rotatable bonds is 1. The molecule has 70 valence electrons. The van der Waals surface area contributed by atoms with E-state index in [0.717, 1.165) is 6.54 Å². The molecule has 1 rings (SSSR count). The van der Waals surface area contributed by atoms with E-state index in [1.54, 1.807) is 0 Å². The average molecular weight is 171 g/mol. The Balaban J connectivity index is 2.66. The van der Waals surface area contributed by atoms with Crippen molar-refractivity contribution >= 4 is 5.91 Å². The lowest BCUT2D eigenvalue weighted by atomic mass is 10.0. The molecular weight excluding hydrogens is 154 g/mol. The van der Waals surface area contributed by atoms with Crippen LogP contribution in [0, 0.1) is 0 Å². The quantitative estimate of drug-likeness (QED) is 0.590. The Morgan fingerprint density at radius 1 is 1.58 bits per heavy atom. The van der Waals surface area contributed by atoms with Crippen LogP contribution in [0.5, 0.6) is 0 Å². The van der Waals surface area contributed by atoms with E-state index in [9.17, 15) is 4.79 Å². The minimum Gasteiger partial charge on any atom is -0.377 e. The van der Waals surface area contributed by atoms with Crippen LogP contribution in [0.15, 0.2) is 0 Å². The van der Waals surface area contributed by atoms with Gasteiger partial charge in [0, 0.05) is 13.0 Å². The Kier molecular flexibility index (Phi) is 2.73. The molecule has 0 bridgehead atoms. The number of carbonyl (C=O) groups is 1. The fourth-order valence-electron chi connectivity index (χ4n) is 1.51. The zero-order valence-electron chi connectivity index (χ0n) is 8.09. The minimum absolute atomic E-state index is 0.120. The Morgan fingerprint density at radius 3 is 2.75 bits per heavy atom. The number of nitrogens with zero attached hydrogens (tertiary/aromatic N) is 1. The van der Waals surface area contributed by atoms with Gasteiger partial charge in [0.2, 0.25) is 5.91 Å². The highest BCUT2D eigenvalue weighted by molar-refractivity contribution is 5.76. The third-order valence-electron chi connectivity index (χ3n) is 2.25. The average Bonchev–Trinajstić information content (AvgIpc) is 2.02. The Bertz CT molecular complexity index is 177. The largest absolute Gasteiger partial charge is 0.377 e. The molecule has 1 fully saturated rings. The molecule has 12 heavy (non-hydrogen) atoms. The summed E-state index contributed by atoms with van der Waals surface area (Å²) in [6.07, 6.45) is 0.587. The van der Waals surface area contributed by atoms with Crippen LogP contribution in [0.3, 0.4) is 0 Å². The van der Waals surface area contributed by atoms with E-state index in [4.69, 9.17) is 4.74 Å². The predicted octanol–water partition coefficient (Wildman–Crippen LogP) is 1.03. The Morgan fingerprint density at radius 2 is 2.25 bits per heavy atom. The molecule has 0 aromatic heterocycles. The topological polar surface area (TPSA) is 29.5 Å². The van der Waals surface area contributed by atoms with Gasteiger partial charge in [0.25, 0.3) is 0 Å². The van der Waals surface area contributed by atoms with E-state index in [-0.39, 0.29) is 11.4 Å². The van der Waals surface area contributed by atoms with Gasteiger partial charge in [-0.05, 0) is 13.8 Å². The molecule has 0 spiro atoms. The van der Waals surface area contributed by atoms with Crippen molar-refractivity contribution in [2.75, 3.05) is 19.8 Å². The predicted molar refractivity (Wildman–Crippen MR) is 46.9 cm³/mol. The molecule has 0 atom stereocenters. The fraction of sp³-hybridized carbons (Fsp3) is 0.889. The van der Waals surface area contributed by atoms with Crippen LogP contribution in [0.2, 0.25) is 0 Å². The summed E-state index contributed by atoms with van der Waals surface area (Å²) in [6, 6.07) is 0. The van der Waals surface area contributed by atoms with E-state index in [0.29, 0.717) is 19.6 Å². The van der Waals surface area contributed by atoms with Gasteiger partial charge in [-0.25, -0.2) is 0 Å². The maximum absolute atomic E-state index is 11.5. The fourth-order valence-corrected chi connectivity index (χ4v) is 1.51. The molecule has 3 nitrogen and oxygen atoms in total. The second kappa shape index (κ2) is 3.44. The second-order valence-corrected chi connectivity index (χ2v) is 3.76. The molecule has 3 heteroatoms. The summed E-state index contributed by atoms with van der Waals surface area (Å²) < 4.78 is 5.32. The Hall–Kier alpha value is -0.570. The summed E-state index contributed by atoms with van der Waals surface area (Å²) in [7, 11) is 0. The zero-order chi connectivity index (χ0) is 9.19. The lowest BCUT2D eigenvalue weighted by Gasteiger charge is -2.42. The molecule has 1 aliphatic rings. The van der Waals surface area contributed by atoms with Gasteiger partial charge in [-0.1, -0.05) is 6.92 Å². The number of ether oxygens (including phenoxy) is 1. The van der Waals surface area contributed by atoms with Crippen LogP contribution in [0.4, 0.5) is 0 Å². The molecule has 0 aromatic carbocycles. The van der Waals surface area contributed by atoms with E-state index < -0.39 is 0 Å². The highest BCUT2D eigenvalue weighted by atomic mass is 16.5. The van der Waals surface area contributed by atoms with Gasteiger partial charge in [-0.15, -0.1) is 0 Å². The van der Waals surface area contributed by atoms with Gasteiger partial charge in [-0.2, -0.15) is 0 Å². The van der Waals surface area contributed by atoms with Gasteiger partial charge in [-0.3, -0.25) is 4.79 Å². The number of hydrogen-bond donors (Lipinski definition) is 0. The van der Waals surface area contributed by atoms with Crippen molar-refractivity contribution in [3.8, 4) is 0 Å². The van der Waals surface area contributed by atoms with Crippen molar-refractivity contribution in [3.05, 3.63) is 0 Å². The first-order valence-corrected chi connectivity index (χ1v) is 4.46. The lowest BCUT2D eigenvalue weighted by Crippen LogP contribution is -2.55. The summed E-state index contributed by atoms with van der Waals surface area (Å²) in [5.74, 6) is 0.225. The molecule has 1 heterocycles. The number of carbonyl (C=O) groups excluding carboxylic acids is 1. The van der Waals surface area contributed by atoms with E-state index in [2.05, 4.69) is 0 Å². The SMILES string of the molecule is CCC(=O)N1CCOCC1(C)C. The van der Waals surface area contributed by atoms with Gasteiger partial charge in [0.1, 0.15) is 0 Å². The summed E-state index contributed by atoms with van der Waals surface area (Å²) in [5.41, 5.74) is -0.120. The monoisotopic (exact) mass is 171 g/mol. The van der Waals surface area contributed by atoms with Gasteiger partial charge in [0.15, 0.2) is 0 Å². The normalized spacial score (nSPS) is 22.4. The second-order valence-electron chi connectivity index (χ2n) is 3.76. The van der Waals surface area contributed by atoms with Crippen molar-refractivity contribution in [1.29, 1.82) is 0 Å². The van der Waals surface area contributed by atoms with Crippen molar-refractivity contribution in [2.45, 2.75) is 32.7 Å². The smallest absolute Gasteiger partial charge is 0.222 e. The first-order valence-electron chi connectivity index (χ1n) is 4.46. The first kappa shape index (κ1) is 9.52. The minimum atomic E-state index is -0.120. The van der Waals surface area contributed by atoms with E-state index in [1.807, 2.05) is 25.7 Å². The maximum Gasteiger partial charge on any atom is 0.222 e. The molecule has 1 aliphatic heterocycles. The van der Waals surface area contributed by atoms with Crippen LogP contribution < -0.4 is 0 Å². The molecule has 0 aliphatic carbocycles. The molecule has 0 radical (unpaired) electrons. The molecular formula is C9H17NO2. The molecule has 0 aromatic rings. The van der Waals surface area contributed by atoms with Crippen molar-refractivity contribution < 1.29 is 9.53 Å². The molecule has 1 saturated heterocycles. The summed E-state index contributed by atoms with van der Waals surface area (Å²) in [4.78, 5) is 13.4. The highest BCUT2D eigenvalue weighted by Gasteiger charge is 2.32. The molecule has 0 saturated carbocycles. The standard InChI is InChI=1S/C9H17NO2/c1-4-8(11)10-5-6-12-7-9(10,2)3/h4-7H2,1-3H3. The van der Waals surface area contributed by atoms with Crippen molar-refractivity contribution in [3.63, 3.8) is 0 Å². The number of morpholine rings is 1. The highest BCUT2D eigenvalue weighted by Crippen LogP contribution is 2.19. The van der Waals surface area contributed by atoms with Crippen LogP contribution >= 0.6 is 0 Å². The van der Waals surface area contributed by atoms with Gasteiger partial charge >= 0.3 is 0 Å². The number of amides is 1. The first-order chi connectivity index (χ1) is 5.58. The number of hydrogen-bond acceptors (Lipinski definition) is 2. The lowest BCUT2D eigenvalue weighted by molar-refractivity contribution is -0.145. The zero-order valence-corrected chi connectivity index (χ0v) is 8.09. The van der Waals surface area contributed by atoms with Gasteiger partial charge in [0.05, 0.1) is 18.8 Å². The van der Waals surface area contributed by atoms with E-state index >= 15 is 0 Å². The van der Waals surface area contributed by atoms with Gasteiger partial charge < -0.3 is 9.64 Å². The van der Waals surface area contributed by atoms with Crippen LogP contribution in [-0.2, 0) is 9.53 Å². The van der Waals surface area contributed by atoms with Crippen molar-refractivity contribution in [2.24, 2.45) is 0 Å².